The van der Waals surface area contributed by atoms with Crippen molar-refractivity contribution in [2.75, 3.05) is 19.6 Å². The van der Waals surface area contributed by atoms with E-state index in [1.165, 1.54) is 31.5 Å². The lowest BCUT2D eigenvalue weighted by molar-refractivity contribution is -0.00345. The molecule has 4 saturated heterocycles. The molecule has 26 heavy (non-hydrogen) atoms. The minimum Gasteiger partial charge on any atom is -0.333 e. The Hall–Kier alpha value is -1.47. The lowest BCUT2D eigenvalue weighted by Gasteiger charge is -2.51. The number of pyridine rings is 1. The molecule has 1 aromatic carbocycles. The Morgan fingerprint density at radius 2 is 1.88 bits per heavy atom. The fourth-order valence-electron chi connectivity index (χ4n) is 5.33. The fraction of sp³-hybridized carbons (Fsp3) is 0.429. The van der Waals surface area contributed by atoms with Gasteiger partial charge in [0.05, 0.1) is 11.6 Å². The third-order valence-electron chi connectivity index (χ3n) is 6.47. The van der Waals surface area contributed by atoms with Crippen molar-refractivity contribution in [2.24, 2.45) is 5.92 Å². The number of rotatable bonds is 2. The predicted octanol–water partition coefficient (Wildman–Crippen LogP) is 3.39. The van der Waals surface area contributed by atoms with Crippen molar-refractivity contribution in [1.82, 2.24) is 14.8 Å². The zero-order chi connectivity index (χ0) is 17.7. The first kappa shape index (κ1) is 16.7. The van der Waals surface area contributed by atoms with Gasteiger partial charge in [-0.15, -0.1) is 0 Å². The molecule has 0 saturated carbocycles. The maximum absolute atomic E-state index is 13.5. The Kier molecular flexibility index (Phi) is 4.24. The lowest BCUT2D eigenvalue weighted by Crippen LogP contribution is -2.60. The maximum atomic E-state index is 13.5. The van der Waals surface area contributed by atoms with Gasteiger partial charge >= 0.3 is 0 Å². The van der Waals surface area contributed by atoms with E-state index >= 15 is 0 Å². The number of hydrogen-bond donors (Lipinski definition) is 0. The van der Waals surface area contributed by atoms with Gasteiger partial charge in [-0.25, -0.2) is 0 Å². The van der Waals surface area contributed by atoms with E-state index in [1.54, 1.807) is 0 Å². The summed E-state index contributed by atoms with van der Waals surface area (Å²) in [7, 11) is 0. The number of nitrogens with zero attached hydrogens (tertiary/aromatic N) is 3. The van der Waals surface area contributed by atoms with E-state index in [4.69, 9.17) is 0 Å². The number of fused-ring (bicyclic) bond motifs is 2. The highest BCUT2D eigenvalue weighted by molar-refractivity contribution is 14.1. The van der Waals surface area contributed by atoms with Gasteiger partial charge in [-0.3, -0.25) is 14.7 Å². The molecule has 5 heterocycles. The van der Waals surface area contributed by atoms with Gasteiger partial charge in [0.1, 0.15) is 0 Å². The fourth-order valence-corrected chi connectivity index (χ4v) is 5.95. The third kappa shape index (κ3) is 2.59. The van der Waals surface area contributed by atoms with Crippen LogP contribution in [-0.4, -0.2) is 52.4 Å². The average Bonchev–Trinajstić information content (AvgIpc) is 3.12. The van der Waals surface area contributed by atoms with Gasteiger partial charge in [-0.2, -0.15) is 0 Å². The number of likely N-dealkylation sites (tertiary alicyclic amines) is 1. The molecule has 0 N–H and O–H groups in total. The van der Waals surface area contributed by atoms with Crippen LogP contribution in [0.4, 0.5) is 0 Å². The molecular weight excluding hydrogens is 437 g/mol. The highest BCUT2D eigenvalue weighted by Crippen LogP contribution is 2.46. The summed E-state index contributed by atoms with van der Waals surface area (Å²) in [5, 5.41) is 0. The molecule has 0 aliphatic carbocycles. The number of piperidine rings is 3. The zero-order valence-electron chi connectivity index (χ0n) is 14.6. The van der Waals surface area contributed by atoms with Gasteiger partial charge < -0.3 is 4.90 Å². The minimum absolute atomic E-state index is 0.199. The van der Waals surface area contributed by atoms with Crippen LogP contribution >= 0.6 is 22.6 Å². The molecule has 4 aliphatic rings. The van der Waals surface area contributed by atoms with E-state index in [0.717, 1.165) is 15.7 Å². The first-order chi connectivity index (χ1) is 12.7. The predicted molar refractivity (Wildman–Crippen MR) is 109 cm³/mol. The molecular formula is C21H22IN3O. The van der Waals surface area contributed by atoms with Crippen molar-refractivity contribution >= 4 is 28.5 Å². The Morgan fingerprint density at radius 1 is 1.08 bits per heavy atom. The van der Waals surface area contributed by atoms with Gasteiger partial charge in [-0.05, 0) is 78.2 Å². The summed E-state index contributed by atoms with van der Waals surface area (Å²) in [4.78, 5) is 22.6. The quantitative estimate of drug-likeness (QED) is 0.647. The van der Waals surface area contributed by atoms with Gasteiger partial charge in [0, 0.05) is 34.5 Å². The Bertz CT molecular complexity index is 819. The van der Waals surface area contributed by atoms with Gasteiger partial charge in [0.2, 0.25) is 0 Å². The second kappa shape index (κ2) is 6.60. The lowest BCUT2D eigenvalue weighted by atomic mass is 9.75. The number of halogens is 1. The van der Waals surface area contributed by atoms with E-state index in [2.05, 4.69) is 43.4 Å². The molecule has 4 aliphatic heterocycles. The molecule has 4 nitrogen and oxygen atoms in total. The molecule has 2 aromatic rings. The molecule has 0 radical (unpaired) electrons. The monoisotopic (exact) mass is 459 g/mol. The van der Waals surface area contributed by atoms with Crippen molar-refractivity contribution in [3.63, 3.8) is 0 Å². The van der Waals surface area contributed by atoms with Crippen LogP contribution in [0.1, 0.15) is 34.7 Å². The summed E-state index contributed by atoms with van der Waals surface area (Å²) in [6.45, 7) is 3.15. The highest BCUT2D eigenvalue weighted by Gasteiger charge is 2.54. The summed E-state index contributed by atoms with van der Waals surface area (Å²) < 4.78 is 1.04. The molecule has 1 amide bonds. The number of benzene rings is 1. The van der Waals surface area contributed by atoms with Crippen LogP contribution in [0.25, 0.3) is 0 Å². The summed E-state index contributed by atoms with van der Waals surface area (Å²) in [6, 6.07) is 12.9. The van der Waals surface area contributed by atoms with Gasteiger partial charge in [0.25, 0.3) is 5.91 Å². The van der Waals surface area contributed by atoms with E-state index < -0.39 is 0 Å². The summed E-state index contributed by atoms with van der Waals surface area (Å²) in [5.74, 6) is 1.20. The van der Waals surface area contributed by atoms with E-state index in [-0.39, 0.29) is 5.91 Å². The topological polar surface area (TPSA) is 36.4 Å². The van der Waals surface area contributed by atoms with E-state index in [0.29, 0.717) is 23.9 Å². The van der Waals surface area contributed by atoms with Crippen molar-refractivity contribution in [2.45, 2.75) is 30.8 Å². The number of carbonyl (C=O) groups is 1. The van der Waals surface area contributed by atoms with Crippen molar-refractivity contribution in [1.29, 1.82) is 0 Å². The van der Waals surface area contributed by atoms with E-state index in [1.807, 2.05) is 42.7 Å². The van der Waals surface area contributed by atoms with E-state index in [9.17, 15) is 4.79 Å². The first-order valence-corrected chi connectivity index (χ1v) is 10.5. The van der Waals surface area contributed by atoms with Gasteiger partial charge in [0.15, 0.2) is 0 Å². The molecule has 1 aromatic heterocycles. The zero-order valence-corrected chi connectivity index (χ0v) is 16.7. The van der Waals surface area contributed by atoms with Crippen LogP contribution < -0.4 is 0 Å². The SMILES string of the molecule is O=C(c1ccccc1I)N1CC(c2cccnc2)C2C1C1CCN2CC1. The maximum Gasteiger partial charge on any atom is 0.255 e. The number of amides is 1. The van der Waals surface area contributed by atoms with Crippen LogP contribution in [-0.2, 0) is 0 Å². The molecule has 3 unspecified atom stereocenters. The second-order valence-electron chi connectivity index (χ2n) is 7.68. The van der Waals surface area contributed by atoms with Crippen molar-refractivity contribution < 1.29 is 4.79 Å². The van der Waals surface area contributed by atoms with Crippen molar-refractivity contribution in [3.8, 4) is 0 Å². The van der Waals surface area contributed by atoms with Gasteiger partial charge in [-0.1, -0.05) is 18.2 Å². The summed E-state index contributed by atoms with van der Waals surface area (Å²) >= 11 is 2.28. The molecule has 4 fully saturated rings. The summed E-state index contributed by atoms with van der Waals surface area (Å²) in [5.41, 5.74) is 2.11. The average molecular weight is 459 g/mol. The second-order valence-corrected chi connectivity index (χ2v) is 8.85. The smallest absolute Gasteiger partial charge is 0.255 e. The number of aromatic nitrogens is 1. The standard InChI is InChI=1S/C21H22IN3O/c22-18-6-2-1-5-16(18)21(26)25-13-17(15-4-3-9-23-12-15)20-19(25)14-7-10-24(20)11-8-14/h1-6,9,12,14,17,19-20H,7-8,10-11,13H2. The molecule has 6 rings (SSSR count). The van der Waals surface area contributed by atoms with Crippen LogP contribution in [0, 0.1) is 9.49 Å². The van der Waals surface area contributed by atoms with Crippen LogP contribution in [0.15, 0.2) is 48.8 Å². The van der Waals surface area contributed by atoms with Crippen LogP contribution in [0.5, 0.6) is 0 Å². The Labute approximate surface area is 167 Å². The number of hydrogen-bond acceptors (Lipinski definition) is 3. The van der Waals surface area contributed by atoms with Crippen molar-refractivity contribution in [3.05, 3.63) is 63.5 Å². The third-order valence-corrected chi connectivity index (χ3v) is 7.41. The Balaban J connectivity index is 1.54. The Morgan fingerprint density at radius 3 is 2.62 bits per heavy atom. The highest BCUT2D eigenvalue weighted by atomic mass is 127. The normalized spacial score (nSPS) is 32.5. The molecule has 2 bridgehead atoms. The van der Waals surface area contributed by atoms with Crippen LogP contribution in [0.3, 0.4) is 0 Å². The first-order valence-electron chi connectivity index (χ1n) is 9.43. The molecule has 0 spiro atoms. The largest absolute Gasteiger partial charge is 0.333 e. The molecule has 134 valence electrons. The van der Waals surface area contributed by atoms with Crippen LogP contribution in [0.2, 0.25) is 0 Å². The molecule has 3 atom stereocenters. The summed E-state index contributed by atoms with van der Waals surface area (Å²) in [6.07, 6.45) is 6.26. The minimum atomic E-state index is 0.199. The molecule has 5 heteroatoms. The number of carbonyl (C=O) groups excluding carboxylic acids is 1.